The number of hydrogen-bond acceptors (Lipinski definition) is 6. The Hall–Kier alpha value is -2.58. The normalized spacial score (nSPS) is 17.3. The van der Waals surface area contributed by atoms with Crippen molar-refractivity contribution >= 4 is 11.7 Å². The monoisotopic (exact) mass is 413 g/mol. The Bertz CT molecular complexity index is 849. The highest BCUT2D eigenvalue weighted by Crippen LogP contribution is 2.17. The maximum Gasteiger partial charge on any atom is 0.274 e. The number of anilines is 1. The summed E-state index contributed by atoms with van der Waals surface area (Å²) in [5.41, 5.74) is 1.95. The van der Waals surface area contributed by atoms with Crippen molar-refractivity contribution in [2.24, 2.45) is 0 Å². The molecule has 0 saturated carbocycles. The van der Waals surface area contributed by atoms with Gasteiger partial charge in [-0.15, -0.1) is 0 Å². The van der Waals surface area contributed by atoms with Crippen LogP contribution >= 0.6 is 0 Å². The third-order valence-electron chi connectivity index (χ3n) is 5.57. The number of likely N-dealkylation sites (tertiary alicyclic amines) is 1. The fourth-order valence-corrected chi connectivity index (χ4v) is 3.86. The Morgan fingerprint density at radius 2 is 1.83 bits per heavy atom. The average molecular weight is 413 g/mol. The molecule has 0 unspecified atom stereocenters. The smallest absolute Gasteiger partial charge is 0.274 e. The molecule has 0 atom stereocenters. The fraction of sp³-hybridized carbons (Fsp3) is 0.500. The number of carbonyl (C=O) groups is 1. The predicted octanol–water partition coefficient (Wildman–Crippen LogP) is 2.19. The molecule has 1 amide bonds. The quantitative estimate of drug-likeness (QED) is 0.750. The number of amides is 1. The van der Waals surface area contributed by atoms with Crippen molar-refractivity contribution in [3.05, 3.63) is 53.2 Å². The van der Waals surface area contributed by atoms with Crippen molar-refractivity contribution in [1.29, 1.82) is 0 Å². The van der Waals surface area contributed by atoms with Crippen LogP contribution in [0.4, 0.5) is 10.2 Å². The van der Waals surface area contributed by atoms with E-state index < -0.39 is 0 Å². The molecule has 0 aliphatic carbocycles. The number of aromatic nitrogens is 2. The maximum absolute atomic E-state index is 13.3. The lowest BCUT2D eigenvalue weighted by Gasteiger charge is -2.26. The summed E-state index contributed by atoms with van der Waals surface area (Å²) in [6, 6.07) is 6.35. The number of hydrogen-bond donors (Lipinski definition) is 1. The predicted molar refractivity (Wildman–Crippen MR) is 112 cm³/mol. The van der Waals surface area contributed by atoms with Gasteiger partial charge in [0.15, 0.2) is 0 Å². The van der Waals surface area contributed by atoms with Gasteiger partial charge in [-0.2, -0.15) is 0 Å². The van der Waals surface area contributed by atoms with Crippen LogP contribution in [0.2, 0.25) is 0 Å². The molecule has 0 radical (unpaired) electrons. The molecule has 3 heterocycles. The molecule has 2 fully saturated rings. The molecule has 1 N–H and O–H groups in total. The molecule has 2 aliphatic rings. The van der Waals surface area contributed by atoms with Gasteiger partial charge in [0.05, 0.1) is 25.1 Å². The van der Waals surface area contributed by atoms with Crippen molar-refractivity contribution in [2.75, 3.05) is 57.8 Å². The third kappa shape index (κ3) is 5.31. The highest BCUT2D eigenvalue weighted by molar-refractivity contribution is 5.92. The summed E-state index contributed by atoms with van der Waals surface area (Å²) in [5, 5.41) is 3.38. The number of ether oxygens (including phenoxy) is 1. The zero-order valence-electron chi connectivity index (χ0n) is 17.1. The van der Waals surface area contributed by atoms with Crippen LogP contribution in [-0.2, 0) is 11.2 Å². The van der Waals surface area contributed by atoms with E-state index in [0.29, 0.717) is 49.9 Å². The molecule has 160 valence electrons. The van der Waals surface area contributed by atoms with Crippen LogP contribution in [0.15, 0.2) is 30.5 Å². The van der Waals surface area contributed by atoms with Gasteiger partial charge in [0, 0.05) is 32.6 Å². The molecular weight excluding hydrogens is 385 g/mol. The number of morpholine rings is 1. The molecule has 2 aliphatic heterocycles. The van der Waals surface area contributed by atoms with Crippen molar-refractivity contribution < 1.29 is 13.9 Å². The highest BCUT2D eigenvalue weighted by Gasteiger charge is 2.21. The zero-order chi connectivity index (χ0) is 20.8. The number of halogens is 1. The molecule has 8 heteroatoms. The summed E-state index contributed by atoms with van der Waals surface area (Å²) in [6.07, 6.45) is 4.54. The zero-order valence-corrected chi connectivity index (χ0v) is 17.1. The summed E-state index contributed by atoms with van der Waals surface area (Å²) in [7, 11) is 0. The number of nitrogens with one attached hydrogen (secondary N) is 1. The van der Waals surface area contributed by atoms with Crippen molar-refractivity contribution in [2.45, 2.75) is 19.3 Å². The molecule has 7 nitrogen and oxygen atoms in total. The Morgan fingerprint density at radius 1 is 1.10 bits per heavy atom. The second kappa shape index (κ2) is 9.95. The van der Waals surface area contributed by atoms with Crippen LogP contribution in [-0.4, -0.2) is 78.2 Å². The van der Waals surface area contributed by atoms with Gasteiger partial charge in [0.1, 0.15) is 17.3 Å². The second-order valence-electron chi connectivity index (χ2n) is 7.73. The van der Waals surface area contributed by atoms with E-state index in [1.54, 1.807) is 23.2 Å². The topological polar surface area (TPSA) is 70.6 Å². The van der Waals surface area contributed by atoms with E-state index in [-0.39, 0.29) is 11.7 Å². The van der Waals surface area contributed by atoms with E-state index in [9.17, 15) is 9.18 Å². The Labute approximate surface area is 176 Å². The van der Waals surface area contributed by atoms with Crippen molar-refractivity contribution in [3.8, 4) is 0 Å². The van der Waals surface area contributed by atoms with Crippen LogP contribution in [0.5, 0.6) is 0 Å². The van der Waals surface area contributed by atoms with E-state index in [1.807, 2.05) is 0 Å². The first-order valence-corrected chi connectivity index (χ1v) is 10.6. The van der Waals surface area contributed by atoms with E-state index in [1.165, 1.54) is 25.0 Å². The van der Waals surface area contributed by atoms with Gasteiger partial charge in [-0.3, -0.25) is 4.79 Å². The largest absolute Gasteiger partial charge is 0.378 e. The first kappa shape index (κ1) is 20.7. The Balaban J connectivity index is 1.51. The minimum Gasteiger partial charge on any atom is -0.378 e. The van der Waals surface area contributed by atoms with Crippen LogP contribution in [0.3, 0.4) is 0 Å². The van der Waals surface area contributed by atoms with E-state index in [2.05, 4.69) is 20.2 Å². The number of benzene rings is 1. The summed E-state index contributed by atoms with van der Waals surface area (Å²) >= 11 is 0. The van der Waals surface area contributed by atoms with Gasteiger partial charge in [-0.05, 0) is 43.6 Å². The Kier molecular flexibility index (Phi) is 6.86. The van der Waals surface area contributed by atoms with Gasteiger partial charge in [0.2, 0.25) is 0 Å². The number of rotatable bonds is 7. The molecule has 1 aromatic carbocycles. The molecule has 1 aromatic heterocycles. The van der Waals surface area contributed by atoms with Crippen LogP contribution < -0.4 is 5.32 Å². The lowest BCUT2D eigenvalue weighted by atomic mass is 10.1. The lowest BCUT2D eigenvalue weighted by Crippen LogP contribution is -2.41. The summed E-state index contributed by atoms with van der Waals surface area (Å²) in [4.78, 5) is 26.2. The second-order valence-corrected chi connectivity index (χ2v) is 7.73. The molecule has 0 bridgehead atoms. The average Bonchev–Trinajstić information content (AvgIpc) is 3.30. The molecule has 2 saturated heterocycles. The van der Waals surface area contributed by atoms with Gasteiger partial charge in [-0.25, -0.2) is 14.4 Å². The van der Waals surface area contributed by atoms with Crippen LogP contribution in [0.25, 0.3) is 0 Å². The first-order chi connectivity index (χ1) is 14.7. The van der Waals surface area contributed by atoms with E-state index in [0.717, 1.165) is 31.7 Å². The highest BCUT2D eigenvalue weighted by atomic mass is 19.1. The number of nitrogens with zero attached hydrogens (tertiary/aromatic N) is 4. The van der Waals surface area contributed by atoms with Crippen LogP contribution in [0, 0.1) is 5.82 Å². The molecular formula is C22H28FN5O2. The third-order valence-corrected chi connectivity index (χ3v) is 5.57. The van der Waals surface area contributed by atoms with Gasteiger partial charge in [0.25, 0.3) is 5.91 Å². The molecule has 4 rings (SSSR count). The van der Waals surface area contributed by atoms with Crippen molar-refractivity contribution in [1.82, 2.24) is 19.8 Å². The standard InChI is InChI=1S/C22H28FN5O2/c23-18-5-3-17(4-6-18)15-19-21(24-7-10-27-8-1-2-9-27)25-16-20(26-19)22(29)28-11-13-30-14-12-28/h3-6,16H,1-2,7-15H2,(H,24,25). The summed E-state index contributed by atoms with van der Waals surface area (Å²) in [6.45, 7) is 6.20. The summed E-state index contributed by atoms with van der Waals surface area (Å²) < 4.78 is 18.6. The SMILES string of the molecule is O=C(c1cnc(NCCN2CCCC2)c(Cc2ccc(F)cc2)n1)N1CCOCC1. The Morgan fingerprint density at radius 3 is 2.57 bits per heavy atom. The number of carbonyl (C=O) groups excluding carboxylic acids is 1. The van der Waals surface area contributed by atoms with Crippen molar-refractivity contribution in [3.63, 3.8) is 0 Å². The fourth-order valence-electron chi connectivity index (χ4n) is 3.86. The minimum absolute atomic E-state index is 0.130. The maximum atomic E-state index is 13.3. The van der Waals surface area contributed by atoms with Gasteiger partial charge < -0.3 is 19.9 Å². The lowest BCUT2D eigenvalue weighted by molar-refractivity contribution is 0.0298. The van der Waals surface area contributed by atoms with E-state index in [4.69, 9.17) is 4.74 Å². The van der Waals surface area contributed by atoms with E-state index >= 15 is 0 Å². The molecule has 0 spiro atoms. The summed E-state index contributed by atoms with van der Waals surface area (Å²) in [5.74, 6) is 0.275. The first-order valence-electron chi connectivity index (χ1n) is 10.6. The van der Waals surface area contributed by atoms with Gasteiger partial charge >= 0.3 is 0 Å². The van der Waals surface area contributed by atoms with Crippen LogP contribution in [0.1, 0.15) is 34.6 Å². The molecule has 2 aromatic rings. The van der Waals surface area contributed by atoms with Gasteiger partial charge in [-0.1, -0.05) is 12.1 Å². The minimum atomic E-state index is -0.273. The molecule has 30 heavy (non-hydrogen) atoms.